The van der Waals surface area contributed by atoms with Crippen molar-refractivity contribution in [2.75, 3.05) is 18.4 Å². The zero-order valence-electron chi connectivity index (χ0n) is 13.0. The summed E-state index contributed by atoms with van der Waals surface area (Å²) in [6.45, 7) is 1.63. The highest BCUT2D eigenvalue weighted by Gasteiger charge is 2.22. The number of hydrogen-bond donors (Lipinski definition) is 1. The van der Waals surface area contributed by atoms with Crippen LogP contribution < -0.4 is 5.32 Å². The fourth-order valence-corrected chi connectivity index (χ4v) is 3.15. The molecule has 0 aromatic heterocycles. The predicted molar refractivity (Wildman–Crippen MR) is 94.9 cm³/mol. The predicted octanol–water partition coefficient (Wildman–Crippen LogP) is 4.83. The summed E-state index contributed by atoms with van der Waals surface area (Å²) >= 11 is 5.86. The number of piperidine rings is 1. The summed E-state index contributed by atoms with van der Waals surface area (Å²) in [5, 5.41) is 3.60. The maximum Gasteiger partial charge on any atom is 0.321 e. The zero-order chi connectivity index (χ0) is 16.1. The largest absolute Gasteiger partial charge is 0.325 e. The molecule has 0 spiro atoms. The van der Waals surface area contributed by atoms with E-state index in [0.29, 0.717) is 10.9 Å². The molecule has 3 nitrogen and oxygen atoms in total. The Bertz CT molecular complexity index is 634. The second kappa shape index (κ2) is 7.51. The number of benzene rings is 2. The number of anilines is 1. The summed E-state index contributed by atoms with van der Waals surface area (Å²) in [6.07, 6.45) is 3.22. The van der Waals surface area contributed by atoms with Crippen LogP contribution in [-0.2, 0) is 6.42 Å². The molecule has 0 radical (unpaired) electrons. The molecule has 0 bridgehead atoms. The molecule has 2 aromatic carbocycles. The number of rotatable bonds is 3. The maximum absolute atomic E-state index is 12.3. The lowest BCUT2D eigenvalue weighted by Gasteiger charge is -2.32. The Morgan fingerprint density at radius 2 is 1.70 bits per heavy atom. The standard InChI is InChI=1S/C19H21ClN2O/c20-17-6-8-18(9-7-17)21-19(23)22-12-10-16(11-13-22)14-15-4-2-1-3-5-15/h1-9,16H,10-14H2,(H,21,23). The number of nitrogens with zero attached hydrogens (tertiary/aromatic N) is 1. The molecule has 0 atom stereocenters. The van der Waals surface area contributed by atoms with Gasteiger partial charge < -0.3 is 10.2 Å². The number of urea groups is 1. The van der Waals surface area contributed by atoms with Gasteiger partial charge in [0.15, 0.2) is 0 Å². The third-order valence-electron chi connectivity index (χ3n) is 4.36. The van der Waals surface area contributed by atoms with Crippen LogP contribution >= 0.6 is 11.6 Å². The molecule has 1 saturated heterocycles. The van der Waals surface area contributed by atoms with E-state index >= 15 is 0 Å². The van der Waals surface area contributed by atoms with Crippen molar-refractivity contribution in [2.24, 2.45) is 5.92 Å². The van der Waals surface area contributed by atoms with E-state index < -0.39 is 0 Å². The third-order valence-corrected chi connectivity index (χ3v) is 4.62. The second-order valence-electron chi connectivity index (χ2n) is 6.06. The average Bonchev–Trinajstić information content (AvgIpc) is 2.58. The third kappa shape index (κ3) is 4.49. The lowest BCUT2D eigenvalue weighted by Crippen LogP contribution is -2.41. The molecule has 1 fully saturated rings. The number of carbonyl (C=O) groups excluding carboxylic acids is 1. The molecular formula is C19H21ClN2O. The number of nitrogens with one attached hydrogen (secondary N) is 1. The molecule has 0 aliphatic carbocycles. The van der Waals surface area contributed by atoms with Crippen molar-refractivity contribution >= 4 is 23.3 Å². The van der Waals surface area contributed by atoms with Crippen molar-refractivity contribution in [3.63, 3.8) is 0 Å². The van der Waals surface area contributed by atoms with Crippen LogP contribution in [0.15, 0.2) is 54.6 Å². The molecule has 23 heavy (non-hydrogen) atoms. The summed E-state index contributed by atoms with van der Waals surface area (Å²) in [5.41, 5.74) is 2.17. The summed E-state index contributed by atoms with van der Waals surface area (Å²) in [5.74, 6) is 0.664. The zero-order valence-corrected chi connectivity index (χ0v) is 13.8. The molecule has 1 aliphatic rings. The summed E-state index contributed by atoms with van der Waals surface area (Å²) in [7, 11) is 0. The molecule has 1 aliphatic heterocycles. The molecule has 120 valence electrons. The molecule has 0 unspecified atom stereocenters. The first-order chi connectivity index (χ1) is 11.2. The second-order valence-corrected chi connectivity index (χ2v) is 6.49. The van der Waals surface area contributed by atoms with Gasteiger partial charge in [0.25, 0.3) is 0 Å². The maximum atomic E-state index is 12.3. The van der Waals surface area contributed by atoms with Crippen LogP contribution in [0, 0.1) is 5.92 Å². The Labute approximate surface area is 142 Å². The minimum Gasteiger partial charge on any atom is -0.325 e. The van der Waals surface area contributed by atoms with Gasteiger partial charge >= 0.3 is 6.03 Å². The normalized spacial score (nSPS) is 15.4. The van der Waals surface area contributed by atoms with Gasteiger partial charge in [-0.15, -0.1) is 0 Å². The van der Waals surface area contributed by atoms with Crippen LogP contribution in [-0.4, -0.2) is 24.0 Å². The first-order valence-corrected chi connectivity index (χ1v) is 8.44. The number of likely N-dealkylation sites (tertiary alicyclic amines) is 1. The number of amides is 2. The van der Waals surface area contributed by atoms with Crippen molar-refractivity contribution in [2.45, 2.75) is 19.3 Å². The molecule has 1 N–H and O–H groups in total. The SMILES string of the molecule is O=C(Nc1ccc(Cl)cc1)N1CCC(Cc2ccccc2)CC1. The van der Waals surface area contributed by atoms with Crippen LogP contribution in [0.5, 0.6) is 0 Å². The molecule has 0 saturated carbocycles. The van der Waals surface area contributed by atoms with Gasteiger partial charge in [-0.05, 0) is 55.0 Å². The Balaban J connectivity index is 1.48. The Morgan fingerprint density at radius 1 is 1.04 bits per heavy atom. The van der Waals surface area contributed by atoms with Gasteiger partial charge in [-0.2, -0.15) is 0 Å². The highest BCUT2D eigenvalue weighted by molar-refractivity contribution is 6.30. The van der Waals surface area contributed by atoms with Gasteiger partial charge in [0.2, 0.25) is 0 Å². The van der Waals surface area contributed by atoms with Crippen LogP contribution in [0.1, 0.15) is 18.4 Å². The van der Waals surface area contributed by atoms with Crippen molar-refractivity contribution in [3.05, 3.63) is 65.2 Å². The van der Waals surface area contributed by atoms with E-state index in [0.717, 1.165) is 38.0 Å². The van der Waals surface area contributed by atoms with Gasteiger partial charge in [-0.3, -0.25) is 0 Å². The molecule has 2 amide bonds. The van der Waals surface area contributed by atoms with E-state index in [-0.39, 0.29) is 6.03 Å². The molecule has 2 aromatic rings. The quantitative estimate of drug-likeness (QED) is 0.860. The fourth-order valence-electron chi connectivity index (χ4n) is 3.02. The van der Waals surface area contributed by atoms with Crippen LogP contribution in [0.4, 0.5) is 10.5 Å². The monoisotopic (exact) mass is 328 g/mol. The first-order valence-electron chi connectivity index (χ1n) is 8.06. The van der Waals surface area contributed by atoms with E-state index in [9.17, 15) is 4.79 Å². The molecule has 1 heterocycles. The van der Waals surface area contributed by atoms with E-state index in [2.05, 4.69) is 29.6 Å². The highest BCUT2D eigenvalue weighted by atomic mass is 35.5. The van der Waals surface area contributed by atoms with Gasteiger partial charge in [-0.25, -0.2) is 4.79 Å². The summed E-state index contributed by atoms with van der Waals surface area (Å²) in [4.78, 5) is 14.2. The highest BCUT2D eigenvalue weighted by Crippen LogP contribution is 2.22. The smallest absolute Gasteiger partial charge is 0.321 e. The van der Waals surface area contributed by atoms with Gasteiger partial charge in [0, 0.05) is 23.8 Å². The number of halogens is 1. The van der Waals surface area contributed by atoms with Gasteiger partial charge in [-0.1, -0.05) is 41.9 Å². The molecule has 3 rings (SSSR count). The minimum atomic E-state index is -0.0227. The Kier molecular flexibility index (Phi) is 5.19. The Morgan fingerprint density at radius 3 is 2.35 bits per heavy atom. The van der Waals surface area contributed by atoms with Crippen molar-refractivity contribution in [1.82, 2.24) is 4.90 Å². The average molecular weight is 329 g/mol. The van der Waals surface area contributed by atoms with Crippen LogP contribution in [0.25, 0.3) is 0 Å². The van der Waals surface area contributed by atoms with Crippen molar-refractivity contribution in [1.29, 1.82) is 0 Å². The summed E-state index contributed by atoms with van der Waals surface area (Å²) < 4.78 is 0. The lowest BCUT2D eigenvalue weighted by atomic mass is 9.90. The van der Waals surface area contributed by atoms with Crippen molar-refractivity contribution < 1.29 is 4.79 Å². The minimum absolute atomic E-state index is 0.0227. The topological polar surface area (TPSA) is 32.3 Å². The number of hydrogen-bond acceptors (Lipinski definition) is 1. The van der Waals surface area contributed by atoms with Gasteiger partial charge in [0.05, 0.1) is 0 Å². The van der Waals surface area contributed by atoms with Gasteiger partial charge in [0.1, 0.15) is 0 Å². The first kappa shape index (κ1) is 15.9. The Hall–Kier alpha value is -2.00. The lowest BCUT2D eigenvalue weighted by molar-refractivity contribution is 0.182. The fraction of sp³-hybridized carbons (Fsp3) is 0.316. The molecular weight excluding hydrogens is 308 g/mol. The summed E-state index contributed by atoms with van der Waals surface area (Å²) in [6, 6.07) is 17.8. The van der Waals surface area contributed by atoms with E-state index in [4.69, 9.17) is 11.6 Å². The number of carbonyl (C=O) groups is 1. The molecule has 4 heteroatoms. The van der Waals surface area contributed by atoms with E-state index in [1.165, 1.54) is 5.56 Å². The van der Waals surface area contributed by atoms with E-state index in [1.54, 1.807) is 12.1 Å². The van der Waals surface area contributed by atoms with Crippen molar-refractivity contribution in [3.8, 4) is 0 Å². The van der Waals surface area contributed by atoms with Crippen LogP contribution in [0.2, 0.25) is 5.02 Å². The van der Waals surface area contributed by atoms with Crippen LogP contribution in [0.3, 0.4) is 0 Å². The van der Waals surface area contributed by atoms with E-state index in [1.807, 2.05) is 23.1 Å².